The third-order valence-corrected chi connectivity index (χ3v) is 6.55. The molecule has 0 saturated carbocycles. The normalized spacial score (nSPS) is 11.4. The molecule has 0 aromatic heterocycles. The average Bonchev–Trinajstić information content (AvgIpc) is 2.75. The zero-order chi connectivity index (χ0) is 22.3. The van der Waals surface area contributed by atoms with E-state index in [1.807, 2.05) is 0 Å². The molecule has 1 aliphatic heterocycles. The van der Waals surface area contributed by atoms with Gasteiger partial charge < -0.3 is 19.4 Å². The molecule has 0 bridgehead atoms. The Kier molecular flexibility index (Phi) is 5.48. The lowest BCUT2D eigenvalue weighted by molar-refractivity contribution is 0.0600. The number of methoxy groups -OCH3 is 1. The molecule has 156 valence electrons. The van der Waals surface area contributed by atoms with Gasteiger partial charge in [0.1, 0.15) is 17.1 Å². The van der Waals surface area contributed by atoms with Crippen molar-refractivity contribution in [1.29, 1.82) is 0 Å². The standard InChI is InChI=1S/C22H16O7P2/c1-28-22(27)16-8-14(15(21(25)26)9-19(16)31-30)20-12-4-2-10(23)6-17(12)29-18-7-11(24)3-5-13(18)20/h2-9,23,31H,30H2,1H3,(H,25,26). The summed E-state index contributed by atoms with van der Waals surface area (Å²) >= 11 is 0. The van der Waals surface area contributed by atoms with Crippen molar-refractivity contribution in [2.75, 3.05) is 7.11 Å². The number of hydrogen-bond acceptors (Lipinski definition) is 6. The highest BCUT2D eigenvalue weighted by molar-refractivity contribution is 8.06. The zero-order valence-corrected chi connectivity index (χ0v) is 18.3. The van der Waals surface area contributed by atoms with Crippen molar-refractivity contribution < 1.29 is 29.0 Å². The second-order valence-corrected chi connectivity index (χ2v) is 8.39. The second-order valence-electron chi connectivity index (χ2n) is 6.70. The predicted molar refractivity (Wildman–Crippen MR) is 122 cm³/mol. The van der Waals surface area contributed by atoms with Crippen molar-refractivity contribution in [2.24, 2.45) is 0 Å². The van der Waals surface area contributed by atoms with Crippen LogP contribution in [-0.2, 0) is 4.74 Å². The van der Waals surface area contributed by atoms with Crippen LogP contribution in [0.15, 0.2) is 57.7 Å². The van der Waals surface area contributed by atoms with Gasteiger partial charge in [0.2, 0.25) is 0 Å². The fourth-order valence-electron chi connectivity index (χ4n) is 3.53. The number of benzene rings is 3. The van der Waals surface area contributed by atoms with Crippen molar-refractivity contribution in [3.05, 3.63) is 69.9 Å². The Hall–Kier alpha value is -3.27. The SMILES string of the molecule is COC(=O)c1cc(-c2c3ccc(=O)cc-3oc3cc(O)ccc23)c(C(=O)O)cc1PP. The number of aromatic carboxylic acids is 1. The van der Waals surface area contributed by atoms with Crippen LogP contribution in [0, 0.1) is 0 Å². The molecule has 4 rings (SSSR count). The van der Waals surface area contributed by atoms with E-state index in [2.05, 4.69) is 8.93 Å². The van der Waals surface area contributed by atoms with Crippen LogP contribution in [0.1, 0.15) is 20.7 Å². The van der Waals surface area contributed by atoms with Gasteiger partial charge in [-0.25, -0.2) is 9.59 Å². The molecule has 1 heterocycles. The number of phenols is 1. The Balaban J connectivity index is 2.21. The summed E-state index contributed by atoms with van der Waals surface area (Å²) < 4.78 is 10.7. The van der Waals surface area contributed by atoms with Gasteiger partial charge in [-0.3, -0.25) is 4.79 Å². The monoisotopic (exact) mass is 454 g/mol. The van der Waals surface area contributed by atoms with Crippen LogP contribution in [0.3, 0.4) is 0 Å². The van der Waals surface area contributed by atoms with Crippen molar-refractivity contribution in [3.8, 4) is 28.2 Å². The van der Waals surface area contributed by atoms with Gasteiger partial charge in [-0.2, -0.15) is 0 Å². The largest absolute Gasteiger partial charge is 0.508 e. The molecule has 2 aromatic carbocycles. The first-order chi connectivity index (χ1) is 14.8. The van der Waals surface area contributed by atoms with E-state index < -0.39 is 11.9 Å². The Morgan fingerprint density at radius 2 is 1.81 bits per heavy atom. The van der Waals surface area contributed by atoms with Gasteiger partial charge in [0.05, 0.1) is 18.2 Å². The Morgan fingerprint density at radius 3 is 2.48 bits per heavy atom. The van der Waals surface area contributed by atoms with Gasteiger partial charge in [-0.1, -0.05) is 8.27 Å². The molecule has 9 heteroatoms. The number of fused-ring (bicyclic) bond motifs is 2. The molecule has 0 saturated heterocycles. The topological polar surface area (TPSA) is 114 Å². The molecule has 2 N–H and O–H groups in total. The number of rotatable bonds is 4. The van der Waals surface area contributed by atoms with E-state index in [1.54, 1.807) is 12.1 Å². The van der Waals surface area contributed by atoms with Crippen LogP contribution in [0.5, 0.6) is 5.75 Å². The number of carboxylic acids is 1. The zero-order valence-electron chi connectivity index (χ0n) is 16.1. The van der Waals surface area contributed by atoms with E-state index in [0.717, 1.165) is 0 Å². The minimum absolute atomic E-state index is 0.00863. The van der Waals surface area contributed by atoms with E-state index in [0.29, 0.717) is 21.8 Å². The summed E-state index contributed by atoms with van der Waals surface area (Å²) in [6.07, 6.45) is 0. The molecule has 0 amide bonds. The van der Waals surface area contributed by atoms with Crippen LogP contribution in [-0.4, -0.2) is 29.3 Å². The molecular formula is C22H16O7P2. The number of carbonyl (C=O) groups is 2. The molecule has 0 fully saturated rings. The van der Waals surface area contributed by atoms with E-state index in [9.17, 15) is 24.6 Å². The maximum Gasteiger partial charge on any atom is 0.338 e. The summed E-state index contributed by atoms with van der Waals surface area (Å²) in [5, 5.41) is 20.9. The first kappa shape index (κ1) is 21.0. The average molecular weight is 454 g/mol. The van der Waals surface area contributed by atoms with Crippen LogP contribution in [0.2, 0.25) is 0 Å². The van der Waals surface area contributed by atoms with Crippen LogP contribution in [0.25, 0.3) is 33.4 Å². The summed E-state index contributed by atoms with van der Waals surface area (Å²) in [7, 11) is 3.84. The number of esters is 1. The second kappa shape index (κ2) is 8.10. The van der Waals surface area contributed by atoms with Crippen LogP contribution in [0.4, 0.5) is 0 Å². The summed E-state index contributed by atoms with van der Waals surface area (Å²) in [5.74, 6) is -1.57. The van der Waals surface area contributed by atoms with Gasteiger partial charge in [-0.15, -0.1) is 8.93 Å². The molecule has 0 radical (unpaired) electrons. The Morgan fingerprint density at radius 1 is 1.03 bits per heavy atom. The van der Waals surface area contributed by atoms with Crippen LogP contribution >= 0.6 is 17.2 Å². The quantitative estimate of drug-likeness (QED) is 0.274. The molecule has 2 atom stereocenters. The third kappa shape index (κ3) is 3.67. The summed E-state index contributed by atoms with van der Waals surface area (Å²) in [5.41, 5.74) is 1.46. The maximum absolute atomic E-state index is 12.4. The summed E-state index contributed by atoms with van der Waals surface area (Å²) in [6.45, 7) is 0. The van der Waals surface area contributed by atoms with Crippen molar-refractivity contribution in [2.45, 2.75) is 0 Å². The fourth-order valence-corrected chi connectivity index (χ4v) is 4.80. The van der Waals surface area contributed by atoms with Gasteiger partial charge in [0.25, 0.3) is 0 Å². The number of aromatic hydroxyl groups is 1. The number of carboxylic acid groups (broad SMARTS) is 1. The fraction of sp³-hybridized carbons (Fsp3) is 0.0455. The van der Waals surface area contributed by atoms with Crippen molar-refractivity contribution in [3.63, 3.8) is 0 Å². The minimum atomic E-state index is -1.17. The first-order valence-electron chi connectivity index (χ1n) is 9.00. The molecule has 0 spiro atoms. The van der Waals surface area contributed by atoms with Crippen molar-refractivity contribution >= 4 is 45.4 Å². The first-order valence-corrected chi connectivity index (χ1v) is 11.8. The smallest absolute Gasteiger partial charge is 0.338 e. The van der Waals surface area contributed by atoms with E-state index >= 15 is 0 Å². The lowest BCUT2D eigenvalue weighted by Gasteiger charge is -2.18. The number of hydrogen-bond donors (Lipinski definition) is 2. The Bertz CT molecular complexity index is 1390. The highest BCUT2D eigenvalue weighted by Crippen LogP contribution is 2.42. The number of phenolic OH excluding ortho intramolecular Hbond substituents is 1. The number of carbonyl (C=O) groups excluding carboxylic acids is 1. The van der Waals surface area contributed by atoms with Crippen LogP contribution < -0.4 is 10.7 Å². The van der Waals surface area contributed by atoms with E-state index in [4.69, 9.17) is 9.15 Å². The maximum atomic E-state index is 12.4. The minimum Gasteiger partial charge on any atom is -0.508 e. The van der Waals surface area contributed by atoms with Gasteiger partial charge >= 0.3 is 11.9 Å². The lowest BCUT2D eigenvalue weighted by Crippen LogP contribution is -2.16. The van der Waals surface area contributed by atoms with Gasteiger partial charge in [0, 0.05) is 28.6 Å². The molecule has 2 aromatic rings. The summed E-state index contributed by atoms with van der Waals surface area (Å²) in [6, 6.07) is 11.6. The molecule has 2 unspecified atom stereocenters. The molecule has 1 aliphatic carbocycles. The third-order valence-electron chi connectivity index (χ3n) is 4.90. The summed E-state index contributed by atoms with van der Waals surface area (Å²) in [4.78, 5) is 36.5. The lowest BCUT2D eigenvalue weighted by atomic mass is 9.89. The van der Waals surface area contributed by atoms with Gasteiger partial charge in [0.15, 0.2) is 5.43 Å². The molecule has 7 nitrogen and oxygen atoms in total. The van der Waals surface area contributed by atoms with Gasteiger partial charge in [-0.05, 0) is 47.3 Å². The van der Waals surface area contributed by atoms with Crippen molar-refractivity contribution in [1.82, 2.24) is 0 Å². The highest BCUT2D eigenvalue weighted by atomic mass is 32.0. The molecule has 31 heavy (non-hydrogen) atoms. The van der Waals surface area contributed by atoms with E-state index in [-0.39, 0.29) is 47.5 Å². The van der Waals surface area contributed by atoms with E-state index in [1.165, 1.54) is 43.5 Å². The Labute approximate surface area is 179 Å². The predicted octanol–water partition coefficient (Wildman–Crippen LogP) is 3.85. The number of ether oxygens (including phenoxy) is 1. The molecular weight excluding hydrogens is 438 g/mol. The highest BCUT2D eigenvalue weighted by Gasteiger charge is 2.25. The molecule has 2 aliphatic rings.